The Morgan fingerprint density at radius 3 is 2.52 bits per heavy atom. The van der Waals surface area contributed by atoms with Gasteiger partial charge in [0, 0.05) is 18.3 Å². The average Bonchev–Trinajstić information content (AvgIpc) is 2.78. The largest absolute Gasteiger partial charge is 0.334 e. The van der Waals surface area contributed by atoms with Crippen LogP contribution in [0.2, 0.25) is 0 Å². The highest BCUT2D eigenvalue weighted by atomic mass is 32.1. The minimum Gasteiger partial charge on any atom is -0.334 e. The zero-order chi connectivity index (χ0) is 17.6. The van der Waals surface area contributed by atoms with Crippen molar-refractivity contribution in [1.82, 2.24) is 9.88 Å². The van der Waals surface area contributed by atoms with Gasteiger partial charge in [-0.25, -0.2) is 4.98 Å². The van der Waals surface area contributed by atoms with E-state index >= 15 is 0 Å². The van der Waals surface area contributed by atoms with Gasteiger partial charge in [-0.15, -0.1) is 11.3 Å². The van der Waals surface area contributed by atoms with Crippen LogP contribution in [0.15, 0.2) is 5.38 Å². The Balaban J connectivity index is 2.51. The maximum Gasteiger partial charge on any atom is 0.245 e. The Labute approximate surface area is 143 Å². The number of hydrogen-bond acceptors (Lipinski definition) is 4. The third kappa shape index (κ3) is 7.59. The number of nitrogens with zero attached hydrogens (tertiary/aromatic N) is 2. The molecule has 1 aromatic rings. The highest BCUT2D eigenvalue weighted by Crippen LogP contribution is 2.26. The van der Waals surface area contributed by atoms with Gasteiger partial charge in [-0.05, 0) is 31.6 Å². The summed E-state index contributed by atoms with van der Waals surface area (Å²) in [6.45, 7) is 13.0. The van der Waals surface area contributed by atoms with Crippen LogP contribution in [0.5, 0.6) is 0 Å². The number of thiazole rings is 1. The van der Waals surface area contributed by atoms with Gasteiger partial charge in [-0.3, -0.25) is 9.59 Å². The number of nitrogens with one attached hydrogen (secondary N) is 1. The lowest BCUT2D eigenvalue weighted by Crippen LogP contribution is -2.38. The standard InChI is InChI=1S/C17H29N3O2S/c1-7-20(15(22)8-12(2)9-17(4,5)6)10-14(21)19-16-18-13(3)11-23-16/h11-12H,7-10H2,1-6H3,(H,18,19,21). The van der Waals surface area contributed by atoms with Gasteiger partial charge in [0.2, 0.25) is 11.8 Å². The van der Waals surface area contributed by atoms with Crippen molar-refractivity contribution in [2.75, 3.05) is 18.4 Å². The molecule has 0 spiro atoms. The predicted molar refractivity (Wildman–Crippen MR) is 95.6 cm³/mol. The number of aryl methyl sites for hydroxylation is 1. The number of hydrogen-bond donors (Lipinski definition) is 1. The lowest BCUT2D eigenvalue weighted by molar-refractivity contribution is -0.135. The molecule has 1 aromatic heterocycles. The Morgan fingerprint density at radius 2 is 2.04 bits per heavy atom. The Kier molecular flexibility index (Phi) is 7.19. The summed E-state index contributed by atoms with van der Waals surface area (Å²) in [5.41, 5.74) is 1.08. The van der Waals surface area contributed by atoms with Gasteiger partial charge in [0.15, 0.2) is 5.13 Å². The van der Waals surface area contributed by atoms with Gasteiger partial charge >= 0.3 is 0 Å². The molecule has 0 aliphatic heterocycles. The van der Waals surface area contributed by atoms with Crippen LogP contribution >= 0.6 is 11.3 Å². The van der Waals surface area contributed by atoms with Crippen LogP contribution in [0.25, 0.3) is 0 Å². The van der Waals surface area contributed by atoms with E-state index in [9.17, 15) is 9.59 Å². The van der Waals surface area contributed by atoms with Crippen molar-refractivity contribution in [2.24, 2.45) is 11.3 Å². The second-order valence-electron chi connectivity index (χ2n) is 7.32. The topological polar surface area (TPSA) is 62.3 Å². The number of rotatable bonds is 7. The summed E-state index contributed by atoms with van der Waals surface area (Å²) < 4.78 is 0. The molecule has 0 bridgehead atoms. The lowest BCUT2D eigenvalue weighted by Gasteiger charge is -2.26. The monoisotopic (exact) mass is 339 g/mol. The van der Waals surface area contributed by atoms with Crippen molar-refractivity contribution in [3.8, 4) is 0 Å². The van der Waals surface area contributed by atoms with E-state index in [4.69, 9.17) is 0 Å². The fourth-order valence-corrected chi connectivity index (χ4v) is 3.37. The molecule has 0 fully saturated rings. The molecule has 130 valence electrons. The third-order valence-electron chi connectivity index (χ3n) is 3.42. The van der Waals surface area contributed by atoms with E-state index in [1.807, 2.05) is 19.2 Å². The van der Waals surface area contributed by atoms with Gasteiger partial charge in [0.05, 0.1) is 12.2 Å². The molecule has 1 atom stereocenters. The first-order valence-corrected chi connectivity index (χ1v) is 8.98. The van der Waals surface area contributed by atoms with E-state index in [2.05, 4.69) is 38.0 Å². The molecular weight excluding hydrogens is 310 g/mol. The molecule has 0 radical (unpaired) electrons. The zero-order valence-corrected chi connectivity index (χ0v) is 15.9. The number of amides is 2. The van der Waals surface area contributed by atoms with E-state index in [0.717, 1.165) is 12.1 Å². The molecule has 6 heteroatoms. The summed E-state index contributed by atoms with van der Waals surface area (Å²) in [7, 11) is 0. The Morgan fingerprint density at radius 1 is 1.39 bits per heavy atom. The average molecular weight is 340 g/mol. The fraction of sp³-hybridized carbons (Fsp3) is 0.706. The summed E-state index contributed by atoms with van der Waals surface area (Å²) in [4.78, 5) is 30.3. The zero-order valence-electron chi connectivity index (χ0n) is 15.1. The van der Waals surface area contributed by atoms with Crippen molar-refractivity contribution < 1.29 is 9.59 Å². The van der Waals surface area contributed by atoms with E-state index in [1.165, 1.54) is 11.3 Å². The lowest BCUT2D eigenvalue weighted by atomic mass is 9.84. The second kappa shape index (κ2) is 8.43. The fourth-order valence-electron chi connectivity index (χ4n) is 2.66. The molecule has 0 aromatic carbocycles. The van der Waals surface area contributed by atoms with Crippen LogP contribution < -0.4 is 5.32 Å². The molecule has 1 rings (SSSR count). The summed E-state index contributed by atoms with van der Waals surface area (Å²) in [5.74, 6) is 0.147. The third-order valence-corrected chi connectivity index (χ3v) is 4.29. The number of aromatic nitrogens is 1. The van der Waals surface area contributed by atoms with Gasteiger partial charge < -0.3 is 10.2 Å². The van der Waals surface area contributed by atoms with E-state index in [0.29, 0.717) is 24.0 Å². The van der Waals surface area contributed by atoms with Gasteiger partial charge in [0.1, 0.15) is 0 Å². The van der Waals surface area contributed by atoms with Crippen molar-refractivity contribution in [3.05, 3.63) is 11.1 Å². The Bertz CT molecular complexity index is 534. The summed E-state index contributed by atoms with van der Waals surface area (Å²) in [5, 5.41) is 5.21. The van der Waals surface area contributed by atoms with Crippen LogP contribution in [0.1, 0.15) is 53.2 Å². The van der Waals surface area contributed by atoms with Crippen LogP contribution in [0.3, 0.4) is 0 Å². The smallest absolute Gasteiger partial charge is 0.245 e. The van der Waals surface area contributed by atoms with Crippen molar-refractivity contribution in [2.45, 2.75) is 54.4 Å². The summed E-state index contributed by atoms with van der Waals surface area (Å²) >= 11 is 1.39. The number of carbonyl (C=O) groups is 2. The van der Waals surface area contributed by atoms with Crippen LogP contribution in [0.4, 0.5) is 5.13 Å². The van der Waals surface area contributed by atoms with Gasteiger partial charge in [-0.2, -0.15) is 0 Å². The van der Waals surface area contributed by atoms with Crippen molar-refractivity contribution in [3.63, 3.8) is 0 Å². The number of anilines is 1. The van der Waals surface area contributed by atoms with Gasteiger partial charge in [-0.1, -0.05) is 27.7 Å². The second-order valence-corrected chi connectivity index (χ2v) is 8.18. The molecule has 1 N–H and O–H groups in total. The molecular formula is C17H29N3O2S. The predicted octanol–water partition coefficient (Wildman–Crippen LogP) is 3.70. The molecule has 0 saturated carbocycles. The summed E-state index contributed by atoms with van der Waals surface area (Å²) in [6, 6.07) is 0. The van der Waals surface area contributed by atoms with Crippen LogP contribution in [-0.4, -0.2) is 34.8 Å². The molecule has 1 heterocycles. The van der Waals surface area contributed by atoms with Crippen molar-refractivity contribution >= 4 is 28.3 Å². The van der Waals surface area contributed by atoms with Crippen LogP contribution in [0, 0.1) is 18.3 Å². The minimum absolute atomic E-state index is 0.0368. The Hall–Kier alpha value is -1.43. The normalized spacial score (nSPS) is 12.8. The van der Waals surface area contributed by atoms with Crippen LogP contribution in [-0.2, 0) is 9.59 Å². The first-order chi connectivity index (χ1) is 10.6. The SMILES string of the molecule is CCN(CC(=O)Nc1nc(C)cs1)C(=O)CC(C)CC(C)(C)C. The molecule has 23 heavy (non-hydrogen) atoms. The number of carbonyl (C=O) groups excluding carboxylic acids is 2. The quantitative estimate of drug-likeness (QED) is 0.824. The first-order valence-electron chi connectivity index (χ1n) is 8.10. The van der Waals surface area contributed by atoms with Crippen molar-refractivity contribution in [1.29, 1.82) is 0 Å². The van der Waals surface area contributed by atoms with E-state index in [-0.39, 0.29) is 23.8 Å². The first kappa shape index (κ1) is 19.6. The molecule has 2 amide bonds. The maximum atomic E-state index is 12.4. The molecule has 0 aliphatic carbocycles. The van der Waals surface area contributed by atoms with Gasteiger partial charge in [0.25, 0.3) is 0 Å². The molecule has 1 unspecified atom stereocenters. The maximum absolute atomic E-state index is 12.4. The van der Waals surface area contributed by atoms with E-state index < -0.39 is 0 Å². The molecule has 5 nitrogen and oxygen atoms in total. The highest BCUT2D eigenvalue weighted by Gasteiger charge is 2.21. The molecule has 0 aliphatic rings. The number of likely N-dealkylation sites (N-methyl/N-ethyl adjacent to an activating group) is 1. The minimum atomic E-state index is -0.196. The highest BCUT2D eigenvalue weighted by molar-refractivity contribution is 7.13. The van der Waals surface area contributed by atoms with E-state index in [1.54, 1.807) is 4.90 Å². The summed E-state index contributed by atoms with van der Waals surface area (Å²) in [6.07, 6.45) is 1.47. The molecule has 0 saturated heterocycles.